The lowest BCUT2D eigenvalue weighted by Crippen LogP contribution is -2.42. The Balaban J connectivity index is 1.67. The van der Waals surface area contributed by atoms with E-state index in [1.54, 1.807) is 6.20 Å². The van der Waals surface area contributed by atoms with Gasteiger partial charge in [0.05, 0.1) is 18.8 Å². The molecule has 4 nitrogen and oxygen atoms in total. The maximum Gasteiger partial charge on any atom is 0.209 e. The number of hydrogen-bond donors (Lipinski definition) is 1. The maximum absolute atomic E-state index is 10.1. The molecule has 2 atom stereocenters. The highest BCUT2D eigenvalue weighted by molar-refractivity contribution is 5.55. The van der Waals surface area contributed by atoms with E-state index in [4.69, 9.17) is 4.42 Å². The normalized spacial score (nSPS) is 22.6. The summed E-state index contributed by atoms with van der Waals surface area (Å²) < 4.78 is 5.83. The van der Waals surface area contributed by atoms with Crippen molar-refractivity contribution in [1.82, 2.24) is 9.88 Å². The minimum atomic E-state index is -0.229. The van der Waals surface area contributed by atoms with Crippen molar-refractivity contribution in [3.8, 4) is 11.3 Å². The summed E-state index contributed by atoms with van der Waals surface area (Å²) in [6.45, 7) is 0.633. The van der Waals surface area contributed by atoms with E-state index in [1.165, 1.54) is 6.42 Å². The molecule has 4 heteroatoms. The van der Waals surface area contributed by atoms with Gasteiger partial charge in [0.2, 0.25) is 5.89 Å². The van der Waals surface area contributed by atoms with Gasteiger partial charge in [-0.2, -0.15) is 0 Å². The number of benzene rings is 1. The Morgan fingerprint density at radius 2 is 2.00 bits per heavy atom. The molecular formula is C17H22N2O2. The summed E-state index contributed by atoms with van der Waals surface area (Å²) in [6.07, 6.45) is 5.80. The molecular weight excluding hydrogens is 264 g/mol. The number of aromatic nitrogens is 1. The monoisotopic (exact) mass is 286 g/mol. The molecule has 0 saturated heterocycles. The first-order chi connectivity index (χ1) is 10.2. The highest BCUT2D eigenvalue weighted by Gasteiger charge is 2.27. The first kappa shape index (κ1) is 14.3. The molecule has 0 spiro atoms. The second-order valence-corrected chi connectivity index (χ2v) is 5.82. The first-order valence-electron chi connectivity index (χ1n) is 7.62. The number of aliphatic hydroxyl groups excluding tert-OH is 1. The van der Waals surface area contributed by atoms with E-state index in [0.717, 1.165) is 30.6 Å². The van der Waals surface area contributed by atoms with Crippen molar-refractivity contribution in [3.05, 3.63) is 42.4 Å². The molecule has 1 heterocycles. The van der Waals surface area contributed by atoms with Crippen molar-refractivity contribution < 1.29 is 9.52 Å². The Labute approximate surface area is 125 Å². The molecule has 1 aromatic heterocycles. The SMILES string of the molecule is CN(Cc1ncc(-c2ccccc2)o1)C1CCCCC1O. The largest absolute Gasteiger partial charge is 0.439 e. The van der Waals surface area contributed by atoms with Gasteiger partial charge in [-0.05, 0) is 19.9 Å². The van der Waals surface area contributed by atoms with Gasteiger partial charge in [-0.1, -0.05) is 43.2 Å². The van der Waals surface area contributed by atoms with Gasteiger partial charge in [0.1, 0.15) is 0 Å². The standard InChI is InChI=1S/C17H22N2O2/c1-19(14-9-5-6-10-15(14)20)12-17-18-11-16(21-17)13-7-3-2-4-8-13/h2-4,7-8,11,14-15,20H,5-6,9-10,12H2,1H3. The third-order valence-corrected chi connectivity index (χ3v) is 4.26. The van der Waals surface area contributed by atoms with Crippen LogP contribution in [0.4, 0.5) is 0 Å². The molecule has 0 aliphatic heterocycles. The number of oxazole rings is 1. The fourth-order valence-electron chi connectivity index (χ4n) is 3.06. The van der Waals surface area contributed by atoms with E-state index < -0.39 is 0 Å². The third kappa shape index (κ3) is 3.34. The highest BCUT2D eigenvalue weighted by atomic mass is 16.4. The number of aliphatic hydroxyl groups is 1. The second kappa shape index (κ2) is 6.41. The van der Waals surface area contributed by atoms with Crippen LogP contribution in [0.1, 0.15) is 31.6 Å². The Hall–Kier alpha value is -1.65. The van der Waals surface area contributed by atoms with E-state index in [1.807, 2.05) is 37.4 Å². The number of likely N-dealkylation sites (N-methyl/N-ethyl adjacent to an activating group) is 1. The van der Waals surface area contributed by atoms with Crippen molar-refractivity contribution in [1.29, 1.82) is 0 Å². The quantitative estimate of drug-likeness (QED) is 0.938. The van der Waals surface area contributed by atoms with Crippen LogP contribution in [0.5, 0.6) is 0 Å². The molecule has 1 N–H and O–H groups in total. The van der Waals surface area contributed by atoms with Crippen molar-refractivity contribution in [2.45, 2.75) is 44.4 Å². The number of rotatable bonds is 4. The van der Waals surface area contributed by atoms with Crippen LogP contribution >= 0.6 is 0 Å². The van der Waals surface area contributed by atoms with Crippen LogP contribution in [0.3, 0.4) is 0 Å². The van der Waals surface area contributed by atoms with Crippen LogP contribution in [0.2, 0.25) is 0 Å². The lowest BCUT2D eigenvalue weighted by molar-refractivity contribution is 0.0256. The molecule has 0 amide bonds. The van der Waals surface area contributed by atoms with Gasteiger partial charge in [-0.15, -0.1) is 0 Å². The zero-order chi connectivity index (χ0) is 14.7. The zero-order valence-corrected chi connectivity index (χ0v) is 12.4. The van der Waals surface area contributed by atoms with Crippen molar-refractivity contribution >= 4 is 0 Å². The van der Waals surface area contributed by atoms with E-state index in [-0.39, 0.29) is 12.1 Å². The third-order valence-electron chi connectivity index (χ3n) is 4.26. The smallest absolute Gasteiger partial charge is 0.209 e. The van der Waals surface area contributed by atoms with Crippen molar-refractivity contribution in [2.75, 3.05) is 7.05 Å². The number of nitrogens with zero attached hydrogens (tertiary/aromatic N) is 2. The predicted octanol–water partition coefficient (Wildman–Crippen LogP) is 3.08. The van der Waals surface area contributed by atoms with E-state index in [9.17, 15) is 5.11 Å². The average molecular weight is 286 g/mol. The second-order valence-electron chi connectivity index (χ2n) is 5.82. The molecule has 3 rings (SSSR count). The molecule has 0 bridgehead atoms. The lowest BCUT2D eigenvalue weighted by atomic mass is 9.91. The van der Waals surface area contributed by atoms with Gasteiger partial charge < -0.3 is 9.52 Å². The molecule has 0 radical (unpaired) electrons. The van der Waals surface area contributed by atoms with E-state index in [2.05, 4.69) is 9.88 Å². The summed E-state index contributed by atoms with van der Waals surface area (Å²) >= 11 is 0. The zero-order valence-electron chi connectivity index (χ0n) is 12.4. The summed E-state index contributed by atoms with van der Waals surface area (Å²) in [4.78, 5) is 6.52. The summed E-state index contributed by atoms with van der Waals surface area (Å²) in [5, 5.41) is 10.1. The van der Waals surface area contributed by atoms with Crippen molar-refractivity contribution in [3.63, 3.8) is 0 Å². The predicted molar refractivity (Wildman–Crippen MR) is 81.7 cm³/mol. The lowest BCUT2D eigenvalue weighted by Gasteiger charge is -2.34. The maximum atomic E-state index is 10.1. The van der Waals surface area contributed by atoms with E-state index >= 15 is 0 Å². The summed E-state index contributed by atoms with van der Waals surface area (Å²) in [7, 11) is 2.03. The summed E-state index contributed by atoms with van der Waals surface area (Å²) in [5.41, 5.74) is 1.04. The molecule has 2 unspecified atom stereocenters. The van der Waals surface area contributed by atoms with Crippen LogP contribution in [0.25, 0.3) is 11.3 Å². The Kier molecular flexibility index (Phi) is 4.36. The molecule has 1 fully saturated rings. The Morgan fingerprint density at radius 1 is 1.24 bits per heavy atom. The van der Waals surface area contributed by atoms with Gasteiger partial charge in [0, 0.05) is 11.6 Å². The van der Waals surface area contributed by atoms with Gasteiger partial charge in [0.15, 0.2) is 5.76 Å². The molecule has 1 aliphatic rings. The molecule has 1 saturated carbocycles. The molecule has 1 aromatic carbocycles. The van der Waals surface area contributed by atoms with E-state index in [0.29, 0.717) is 12.4 Å². The van der Waals surface area contributed by atoms with Crippen LogP contribution in [-0.2, 0) is 6.54 Å². The van der Waals surface area contributed by atoms with Gasteiger partial charge in [-0.3, -0.25) is 4.90 Å². The van der Waals surface area contributed by atoms with Crippen LogP contribution in [0.15, 0.2) is 40.9 Å². The summed E-state index contributed by atoms with van der Waals surface area (Å²) in [6, 6.07) is 10.2. The molecule has 2 aromatic rings. The molecule has 21 heavy (non-hydrogen) atoms. The Bertz CT molecular complexity index is 567. The topological polar surface area (TPSA) is 49.5 Å². The van der Waals surface area contributed by atoms with Gasteiger partial charge in [-0.25, -0.2) is 4.98 Å². The fourth-order valence-corrected chi connectivity index (χ4v) is 3.06. The fraction of sp³-hybridized carbons (Fsp3) is 0.471. The van der Waals surface area contributed by atoms with Crippen molar-refractivity contribution in [2.24, 2.45) is 0 Å². The minimum absolute atomic E-state index is 0.214. The molecule has 1 aliphatic carbocycles. The van der Waals surface area contributed by atoms with Gasteiger partial charge >= 0.3 is 0 Å². The molecule has 112 valence electrons. The average Bonchev–Trinajstić information content (AvgIpc) is 2.97. The summed E-state index contributed by atoms with van der Waals surface area (Å²) in [5.74, 6) is 1.50. The van der Waals surface area contributed by atoms with Crippen LogP contribution in [0, 0.1) is 0 Å². The first-order valence-corrected chi connectivity index (χ1v) is 7.62. The van der Waals surface area contributed by atoms with Gasteiger partial charge in [0.25, 0.3) is 0 Å². The van der Waals surface area contributed by atoms with Crippen LogP contribution in [-0.4, -0.2) is 34.2 Å². The highest BCUT2D eigenvalue weighted by Crippen LogP contribution is 2.25. The number of hydrogen-bond acceptors (Lipinski definition) is 4. The van der Waals surface area contributed by atoms with Crippen LogP contribution < -0.4 is 0 Å². The Morgan fingerprint density at radius 3 is 2.76 bits per heavy atom. The minimum Gasteiger partial charge on any atom is -0.439 e.